The number of nitrogens with zero attached hydrogens (tertiary/aromatic N) is 1. The molecule has 0 amide bonds. The van der Waals surface area contributed by atoms with E-state index < -0.39 is 38.1 Å². The van der Waals surface area contributed by atoms with Crippen LogP contribution in [0.3, 0.4) is 0 Å². The maximum atomic E-state index is 13.9. The van der Waals surface area contributed by atoms with E-state index in [1.165, 1.54) is 12.3 Å². The zero-order valence-electron chi connectivity index (χ0n) is 10.3. The number of H-pyrrole nitrogens is 1. The molecule has 10 heteroatoms. The number of carboxylic acids is 1. The number of aromatic carboxylic acids is 1. The van der Waals surface area contributed by atoms with Crippen LogP contribution in [0, 0.1) is 11.6 Å². The number of aromatic nitrogens is 2. The summed E-state index contributed by atoms with van der Waals surface area (Å²) in [6, 6.07) is 2.73. The van der Waals surface area contributed by atoms with E-state index in [1.54, 1.807) is 0 Å². The minimum atomic E-state index is -4.34. The summed E-state index contributed by atoms with van der Waals surface area (Å²) >= 11 is 0. The van der Waals surface area contributed by atoms with E-state index in [0.29, 0.717) is 17.8 Å². The molecule has 0 atom stereocenters. The predicted molar refractivity (Wildman–Crippen MR) is 65.9 cm³/mol. The van der Waals surface area contributed by atoms with Crippen LogP contribution in [0.4, 0.5) is 8.78 Å². The molecule has 0 aliphatic carbocycles. The van der Waals surface area contributed by atoms with Crippen molar-refractivity contribution in [3.05, 3.63) is 47.3 Å². The second-order valence-electron chi connectivity index (χ2n) is 3.95. The standard InChI is InChI=1S/C11H9F2N3O4S/c12-7-1-2-8(10(13)9(7)11(17)18)21(19,20)15-5-6-3-4-14-16-6/h1-4,15H,5H2,(H,14,16)(H,17,18). The molecular weight excluding hydrogens is 308 g/mol. The Labute approximate surface area is 117 Å². The Morgan fingerprint density at radius 2 is 2.05 bits per heavy atom. The van der Waals surface area contributed by atoms with Crippen molar-refractivity contribution in [3.63, 3.8) is 0 Å². The molecule has 0 unspecified atom stereocenters. The highest BCUT2D eigenvalue weighted by molar-refractivity contribution is 7.89. The van der Waals surface area contributed by atoms with Crippen LogP contribution in [0.5, 0.6) is 0 Å². The average Bonchev–Trinajstić information content (AvgIpc) is 2.88. The third-order valence-electron chi connectivity index (χ3n) is 2.57. The fourth-order valence-electron chi connectivity index (χ4n) is 1.57. The number of carboxylic acid groups (broad SMARTS) is 1. The maximum absolute atomic E-state index is 13.9. The first-order valence-corrected chi connectivity index (χ1v) is 7.00. The molecule has 0 radical (unpaired) electrons. The lowest BCUT2D eigenvalue weighted by Crippen LogP contribution is -2.25. The summed E-state index contributed by atoms with van der Waals surface area (Å²) in [5, 5.41) is 14.8. The highest BCUT2D eigenvalue weighted by Crippen LogP contribution is 2.21. The van der Waals surface area contributed by atoms with Gasteiger partial charge in [-0.15, -0.1) is 0 Å². The Morgan fingerprint density at radius 1 is 1.33 bits per heavy atom. The highest BCUT2D eigenvalue weighted by atomic mass is 32.2. The first kappa shape index (κ1) is 15.1. The largest absolute Gasteiger partial charge is 0.477 e. The topological polar surface area (TPSA) is 112 Å². The normalized spacial score (nSPS) is 11.5. The molecule has 0 aliphatic heterocycles. The van der Waals surface area contributed by atoms with Gasteiger partial charge in [-0.2, -0.15) is 5.10 Å². The molecule has 1 heterocycles. The molecular formula is C11H9F2N3O4S. The minimum Gasteiger partial charge on any atom is -0.477 e. The Balaban J connectivity index is 2.36. The quantitative estimate of drug-likeness (QED) is 0.757. The summed E-state index contributed by atoms with van der Waals surface area (Å²) in [5.41, 5.74) is -0.904. The van der Waals surface area contributed by atoms with Gasteiger partial charge in [-0.05, 0) is 18.2 Å². The average molecular weight is 317 g/mol. The van der Waals surface area contributed by atoms with Crippen molar-refractivity contribution in [2.75, 3.05) is 0 Å². The third kappa shape index (κ3) is 3.06. The molecule has 112 valence electrons. The van der Waals surface area contributed by atoms with Gasteiger partial charge < -0.3 is 5.11 Å². The van der Waals surface area contributed by atoms with Gasteiger partial charge in [0.2, 0.25) is 10.0 Å². The van der Waals surface area contributed by atoms with Gasteiger partial charge in [0, 0.05) is 6.20 Å². The van der Waals surface area contributed by atoms with Gasteiger partial charge in [0.15, 0.2) is 5.82 Å². The van der Waals surface area contributed by atoms with Gasteiger partial charge in [0.05, 0.1) is 12.2 Å². The van der Waals surface area contributed by atoms with Gasteiger partial charge in [0.25, 0.3) is 0 Å². The van der Waals surface area contributed by atoms with E-state index in [9.17, 15) is 22.0 Å². The number of halogens is 2. The van der Waals surface area contributed by atoms with Crippen LogP contribution in [0.2, 0.25) is 0 Å². The molecule has 0 fully saturated rings. The van der Waals surface area contributed by atoms with Crippen molar-refractivity contribution in [2.45, 2.75) is 11.4 Å². The summed E-state index contributed by atoms with van der Waals surface area (Å²) in [6.07, 6.45) is 1.39. The number of sulfonamides is 1. The zero-order valence-corrected chi connectivity index (χ0v) is 11.1. The zero-order chi connectivity index (χ0) is 15.6. The van der Waals surface area contributed by atoms with E-state index in [4.69, 9.17) is 5.11 Å². The summed E-state index contributed by atoms with van der Waals surface area (Å²) in [5.74, 6) is -4.90. The number of benzene rings is 1. The van der Waals surface area contributed by atoms with Crippen LogP contribution in [0.25, 0.3) is 0 Å². The molecule has 7 nitrogen and oxygen atoms in total. The third-order valence-corrected chi connectivity index (χ3v) is 3.99. The molecule has 1 aromatic heterocycles. The smallest absolute Gasteiger partial charge is 0.341 e. The number of aromatic amines is 1. The van der Waals surface area contributed by atoms with Crippen molar-refractivity contribution in [1.82, 2.24) is 14.9 Å². The fraction of sp³-hybridized carbons (Fsp3) is 0.0909. The Morgan fingerprint density at radius 3 is 2.62 bits per heavy atom. The fourth-order valence-corrected chi connectivity index (χ4v) is 2.66. The van der Waals surface area contributed by atoms with Gasteiger partial charge in [-0.25, -0.2) is 26.7 Å². The van der Waals surface area contributed by atoms with E-state index in [-0.39, 0.29) is 6.54 Å². The maximum Gasteiger partial charge on any atom is 0.341 e. The van der Waals surface area contributed by atoms with Crippen molar-refractivity contribution in [1.29, 1.82) is 0 Å². The molecule has 0 aliphatic rings. The first-order chi connectivity index (χ1) is 9.83. The molecule has 1 aromatic carbocycles. The van der Waals surface area contributed by atoms with Crippen LogP contribution in [0.15, 0.2) is 29.3 Å². The van der Waals surface area contributed by atoms with Crippen molar-refractivity contribution < 1.29 is 27.1 Å². The van der Waals surface area contributed by atoms with E-state index in [0.717, 1.165) is 0 Å². The summed E-state index contributed by atoms with van der Waals surface area (Å²) in [6.45, 7) is -0.207. The summed E-state index contributed by atoms with van der Waals surface area (Å²) < 4.78 is 53.0. The molecule has 0 saturated carbocycles. The van der Waals surface area contributed by atoms with E-state index >= 15 is 0 Å². The number of hydrogen-bond donors (Lipinski definition) is 3. The Hall–Kier alpha value is -2.33. The number of carbonyl (C=O) groups is 1. The van der Waals surface area contributed by atoms with Crippen LogP contribution >= 0.6 is 0 Å². The predicted octanol–water partition coefficient (Wildman–Crippen LogP) is 0.865. The van der Waals surface area contributed by atoms with Gasteiger partial charge >= 0.3 is 5.97 Å². The number of hydrogen-bond acceptors (Lipinski definition) is 4. The first-order valence-electron chi connectivity index (χ1n) is 5.52. The van der Waals surface area contributed by atoms with Crippen molar-refractivity contribution in [3.8, 4) is 0 Å². The van der Waals surface area contributed by atoms with Crippen LogP contribution in [-0.4, -0.2) is 29.7 Å². The minimum absolute atomic E-state index is 0.207. The lowest BCUT2D eigenvalue weighted by Gasteiger charge is -2.09. The lowest BCUT2D eigenvalue weighted by molar-refractivity contribution is 0.0685. The molecule has 3 N–H and O–H groups in total. The Bertz CT molecular complexity index is 775. The van der Waals surface area contributed by atoms with Gasteiger partial charge in [0.1, 0.15) is 16.3 Å². The van der Waals surface area contributed by atoms with Crippen LogP contribution in [0.1, 0.15) is 16.1 Å². The van der Waals surface area contributed by atoms with Gasteiger partial charge in [-0.1, -0.05) is 0 Å². The van der Waals surface area contributed by atoms with E-state index in [1.807, 2.05) is 4.72 Å². The molecule has 2 aromatic rings. The van der Waals surface area contributed by atoms with E-state index in [2.05, 4.69) is 10.2 Å². The highest BCUT2D eigenvalue weighted by Gasteiger charge is 2.26. The SMILES string of the molecule is O=C(O)c1c(F)ccc(S(=O)(=O)NCc2ccn[nH]2)c1F. The van der Waals surface area contributed by atoms with Crippen molar-refractivity contribution >= 4 is 16.0 Å². The number of nitrogens with one attached hydrogen (secondary N) is 2. The molecule has 0 bridgehead atoms. The van der Waals surface area contributed by atoms with Crippen molar-refractivity contribution in [2.24, 2.45) is 0 Å². The molecule has 0 saturated heterocycles. The molecule has 2 rings (SSSR count). The molecule has 21 heavy (non-hydrogen) atoms. The number of rotatable bonds is 5. The summed E-state index contributed by atoms with van der Waals surface area (Å²) in [4.78, 5) is 9.81. The Kier molecular flexibility index (Phi) is 4.00. The van der Waals surface area contributed by atoms with Crippen LogP contribution < -0.4 is 4.72 Å². The van der Waals surface area contributed by atoms with Gasteiger partial charge in [-0.3, -0.25) is 5.10 Å². The second kappa shape index (κ2) is 5.58. The monoisotopic (exact) mass is 317 g/mol. The van der Waals surface area contributed by atoms with Crippen LogP contribution in [-0.2, 0) is 16.6 Å². The lowest BCUT2D eigenvalue weighted by atomic mass is 10.2. The summed E-state index contributed by atoms with van der Waals surface area (Å²) in [7, 11) is -4.34. The molecule has 0 spiro atoms. The second-order valence-corrected chi connectivity index (χ2v) is 5.68.